The highest BCUT2D eigenvalue weighted by molar-refractivity contribution is 6.30. The fraction of sp³-hybridized carbons (Fsp3) is 0.148. The number of anilines is 1. The van der Waals surface area contributed by atoms with Crippen molar-refractivity contribution in [2.75, 3.05) is 12.4 Å². The quantitative estimate of drug-likeness (QED) is 0.377. The number of amides is 2. The third-order valence-corrected chi connectivity index (χ3v) is 6.26. The molecule has 1 aromatic heterocycles. The highest BCUT2D eigenvalue weighted by Gasteiger charge is 2.33. The average molecular weight is 458 g/mol. The Kier molecular flexibility index (Phi) is 5.56. The average Bonchev–Trinajstić information content (AvgIpc) is 3.24. The van der Waals surface area contributed by atoms with Gasteiger partial charge in [0.25, 0.3) is 0 Å². The van der Waals surface area contributed by atoms with Gasteiger partial charge in [0.1, 0.15) is 5.75 Å². The van der Waals surface area contributed by atoms with Crippen LogP contribution in [-0.2, 0) is 6.54 Å². The summed E-state index contributed by atoms with van der Waals surface area (Å²) in [6.45, 7) is 2.44. The van der Waals surface area contributed by atoms with Crippen LogP contribution in [0.4, 0.5) is 10.5 Å². The van der Waals surface area contributed by atoms with Gasteiger partial charge < -0.3 is 19.5 Å². The van der Waals surface area contributed by atoms with Crippen LogP contribution in [0.15, 0.2) is 85.1 Å². The Hall–Kier alpha value is -3.70. The lowest BCUT2D eigenvalue weighted by Gasteiger charge is -2.31. The van der Waals surface area contributed by atoms with E-state index in [1.807, 2.05) is 78.7 Å². The monoisotopic (exact) mass is 457 g/mol. The molecule has 166 valence electrons. The summed E-state index contributed by atoms with van der Waals surface area (Å²) in [4.78, 5) is 15.7. The molecule has 1 atom stereocenters. The minimum absolute atomic E-state index is 0.205. The van der Waals surface area contributed by atoms with Crippen molar-refractivity contribution >= 4 is 23.3 Å². The number of aryl methyl sites for hydroxylation is 1. The van der Waals surface area contributed by atoms with Crippen molar-refractivity contribution in [2.45, 2.75) is 19.5 Å². The molecule has 6 heteroatoms. The molecule has 0 saturated heterocycles. The van der Waals surface area contributed by atoms with Crippen molar-refractivity contribution in [2.24, 2.45) is 0 Å². The summed E-state index contributed by atoms with van der Waals surface area (Å²) in [5.41, 5.74) is 5.81. The molecule has 0 radical (unpaired) electrons. The first-order valence-electron chi connectivity index (χ1n) is 10.8. The number of benzene rings is 3. The number of fused-ring (bicyclic) bond motifs is 3. The number of carbonyl (C=O) groups excluding carboxylic acids is 1. The number of carbonyl (C=O) groups is 1. The molecule has 5 rings (SSSR count). The molecule has 0 bridgehead atoms. The second-order valence-corrected chi connectivity index (χ2v) is 8.58. The van der Waals surface area contributed by atoms with Crippen LogP contribution in [0, 0.1) is 6.92 Å². The zero-order valence-corrected chi connectivity index (χ0v) is 19.2. The first-order chi connectivity index (χ1) is 16.0. The topological polar surface area (TPSA) is 46.5 Å². The zero-order valence-electron chi connectivity index (χ0n) is 18.5. The Morgan fingerprint density at radius 1 is 1.03 bits per heavy atom. The van der Waals surface area contributed by atoms with Gasteiger partial charge in [0, 0.05) is 16.9 Å². The molecule has 33 heavy (non-hydrogen) atoms. The molecule has 1 aliphatic heterocycles. The highest BCUT2D eigenvalue weighted by Crippen LogP contribution is 2.37. The van der Waals surface area contributed by atoms with Gasteiger partial charge in [-0.3, -0.25) is 0 Å². The molecule has 2 amide bonds. The Morgan fingerprint density at radius 2 is 1.82 bits per heavy atom. The lowest BCUT2D eigenvalue weighted by Crippen LogP contribution is -2.38. The van der Waals surface area contributed by atoms with Crippen LogP contribution < -0.4 is 10.1 Å². The first kappa shape index (κ1) is 21.2. The largest absolute Gasteiger partial charge is 0.495 e. The van der Waals surface area contributed by atoms with E-state index in [1.165, 1.54) is 0 Å². The predicted molar refractivity (Wildman–Crippen MR) is 131 cm³/mol. The van der Waals surface area contributed by atoms with Gasteiger partial charge in [0.2, 0.25) is 0 Å². The van der Waals surface area contributed by atoms with Crippen LogP contribution >= 0.6 is 11.6 Å². The van der Waals surface area contributed by atoms with Crippen molar-refractivity contribution in [3.63, 3.8) is 0 Å². The van der Waals surface area contributed by atoms with Crippen LogP contribution in [-0.4, -0.2) is 22.6 Å². The highest BCUT2D eigenvalue weighted by atomic mass is 35.5. The number of hydrogen-bond donors (Lipinski definition) is 1. The minimum Gasteiger partial charge on any atom is -0.495 e. The number of urea groups is 1. The number of nitrogens with zero attached hydrogens (tertiary/aromatic N) is 2. The summed E-state index contributed by atoms with van der Waals surface area (Å²) >= 11 is 6.18. The maximum atomic E-state index is 13.8. The minimum atomic E-state index is -0.305. The Balaban J connectivity index is 1.63. The fourth-order valence-electron chi connectivity index (χ4n) is 4.44. The lowest BCUT2D eigenvalue weighted by molar-refractivity contribution is 0.194. The summed E-state index contributed by atoms with van der Waals surface area (Å²) in [7, 11) is 1.60. The molecular formula is C27H24ClN3O2. The SMILES string of the molecule is COc1ccc(C)cc1NC(=O)N1Cc2ccccc2-n2cccc2[C@@H]1c1ccc(Cl)cc1. The maximum absolute atomic E-state index is 13.8. The number of nitrogens with one attached hydrogen (secondary N) is 1. The molecule has 0 spiro atoms. The van der Waals surface area contributed by atoms with Crippen LogP contribution in [0.25, 0.3) is 5.69 Å². The summed E-state index contributed by atoms with van der Waals surface area (Å²) < 4.78 is 7.65. The molecule has 0 saturated carbocycles. The molecule has 4 aromatic rings. The van der Waals surface area contributed by atoms with Gasteiger partial charge in [-0.25, -0.2) is 4.79 Å². The second-order valence-electron chi connectivity index (χ2n) is 8.15. The normalized spacial score (nSPS) is 14.8. The molecule has 1 N–H and O–H groups in total. The maximum Gasteiger partial charge on any atom is 0.323 e. The molecule has 0 aliphatic carbocycles. The van der Waals surface area contributed by atoms with E-state index in [0.717, 1.165) is 28.1 Å². The number of ether oxygens (including phenoxy) is 1. The van der Waals surface area contributed by atoms with E-state index in [-0.39, 0.29) is 12.1 Å². The van der Waals surface area contributed by atoms with E-state index in [4.69, 9.17) is 16.3 Å². The van der Waals surface area contributed by atoms with Crippen molar-refractivity contribution in [1.82, 2.24) is 9.47 Å². The van der Waals surface area contributed by atoms with Crippen molar-refractivity contribution in [3.8, 4) is 11.4 Å². The van der Waals surface area contributed by atoms with Crippen molar-refractivity contribution in [3.05, 3.63) is 112 Å². The van der Waals surface area contributed by atoms with Gasteiger partial charge >= 0.3 is 6.03 Å². The number of halogens is 1. The number of rotatable bonds is 3. The molecule has 5 nitrogen and oxygen atoms in total. The lowest BCUT2D eigenvalue weighted by atomic mass is 10.0. The molecule has 2 heterocycles. The van der Waals surface area contributed by atoms with Crippen molar-refractivity contribution < 1.29 is 9.53 Å². The molecule has 0 unspecified atom stereocenters. The third kappa shape index (κ3) is 3.96. The zero-order chi connectivity index (χ0) is 22.9. The van der Waals surface area contributed by atoms with Crippen LogP contribution in [0.2, 0.25) is 5.02 Å². The van der Waals surface area contributed by atoms with E-state index < -0.39 is 0 Å². The third-order valence-electron chi connectivity index (χ3n) is 6.01. The smallest absolute Gasteiger partial charge is 0.323 e. The van der Waals surface area contributed by atoms with Crippen LogP contribution in [0.1, 0.15) is 28.4 Å². The summed E-state index contributed by atoms with van der Waals surface area (Å²) in [6, 6.07) is 25.2. The van der Waals surface area contributed by atoms with E-state index in [1.54, 1.807) is 7.11 Å². The summed E-state index contributed by atoms with van der Waals surface area (Å²) in [5.74, 6) is 0.621. The summed E-state index contributed by atoms with van der Waals surface area (Å²) in [6.07, 6.45) is 2.04. The van der Waals surface area contributed by atoms with Gasteiger partial charge in [-0.2, -0.15) is 0 Å². The number of hydrogen-bond acceptors (Lipinski definition) is 2. The Bertz CT molecular complexity index is 1310. The van der Waals surface area contributed by atoms with Crippen LogP contribution in [0.3, 0.4) is 0 Å². The number of aromatic nitrogens is 1. The van der Waals surface area contributed by atoms with Gasteiger partial charge in [-0.15, -0.1) is 0 Å². The van der Waals surface area contributed by atoms with Gasteiger partial charge in [0.15, 0.2) is 0 Å². The van der Waals surface area contributed by atoms with E-state index in [0.29, 0.717) is 23.0 Å². The van der Waals surface area contributed by atoms with E-state index in [9.17, 15) is 4.79 Å². The van der Waals surface area contributed by atoms with Gasteiger partial charge in [0.05, 0.1) is 31.1 Å². The molecule has 1 aliphatic rings. The van der Waals surface area contributed by atoms with Crippen LogP contribution in [0.5, 0.6) is 5.75 Å². The Labute approximate surface area is 198 Å². The molecular weight excluding hydrogens is 434 g/mol. The van der Waals surface area contributed by atoms with Gasteiger partial charge in [-0.1, -0.05) is 48.0 Å². The molecule has 0 fully saturated rings. The standard InChI is InChI=1S/C27H24ClN3O2/c1-18-9-14-25(33-2)22(16-18)29-27(32)31-17-20-6-3-4-7-23(20)30-15-5-8-24(30)26(31)19-10-12-21(28)13-11-19/h3-16,26H,17H2,1-2H3,(H,29,32)/t26-/m0/s1. The summed E-state index contributed by atoms with van der Waals surface area (Å²) in [5, 5.41) is 3.75. The van der Waals surface area contributed by atoms with E-state index >= 15 is 0 Å². The van der Waals surface area contributed by atoms with Crippen molar-refractivity contribution in [1.29, 1.82) is 0 Å². The first-order valence-corrected chi connectivity index (χ1v) is 11.2. The fourth-order valence-corrected chi connectivity index (χ4v) is 4.57. The van der Waals surface area contributed by atoms with Gasteiger partial charge in [-0.05, 0) is 66.1 Å². The number of para-hydroxylation sites is 1. The van der Waals surface area contributed by atoms with E-state index in [2.05, 4.69) is 28.1 Å². The number of methoxy groups -OCH3 is 1. The Morgan fingerprint density at radius 3 is 2.61 bits per heavy atom. The molecule has 3 aromatic carbocycles. The second kappa shape index (κ2) is 8.68. The predicted octanol–water partition coefficient (Wildman–Crippen LogP) is 6.58.